The zero-order chi connectivity index (χ0) is 16.9. The van der Waals surface area contributed by atoms with Crippen LogP contribution in [0.25, 0.3) is 0 Å². The SMILES string of the molecule is CC(=O)C(C)/C=C(\C)CCC(O)Cc1cc(O)c(C)c(=O)o1. The van der Waals surface area contributed by atoms with E-state index in [0.717, 1.165) is 5.57 Å². The van der Waals surface area contributed by atoms with Crippen LogP contribution in [0.5, 0.6) is 5.75 Å². The molecule has 0 aliphatic rings. The molecular weight excluding hydrogens is 284 g/mol. The van der Waals surface area contributed by atoms with Crippen molar-refractivity contribution in [2.45, 2.75) is 53.1 Å². The largest absolute Gasteiger partial charge is 0.507 e. The molecule has 0 radical (unpaired) electrons. The quantitative estimate of drug-likeness (QED) is 0.756. The van der Waals surface area contributed by atoms with Gasteiger partial charge in [0.1, 0.15) is 17.3 Å². The van der Waals surface area contributed by atoms with E-state index in [0.29, 0.717) is 12.8 Å². The van der Waals surface area contributed by atoms with Gasteiger partial charge in [0.05, 0.1) is 11.7 Å². The molecule has 5 nitrogen and oxygen atoms in total. The van der Waals surface area contributed by atoms with Crippen LogP contribution >= 0.6 is 0 Å². The van der Waals surface area contributed by atoms with Crippen molar-refractivity contribution in [2.75, 3.05) is 0 Å². The Bertz CT molecular complexity index is 612. The molecule has 0 saturated heterocycles. The molecule has 0 aliphatic heterocycles. The standard InChI is InChI=1S/C17H24O5/c1-10(7-11(2)13(4)18)5-6-14(19)8-15-9-16(20)12(3)17(21)22-15/h7,9,11,14,19-20H,5-6,8H2,1-4H3/b10-7+. The molecule has 1 heterocycles. The van der Waals surface area contributed by atoms with E-state index < -0.39 is 11.7 Å². The summed E-state index contributed by atoms with van der Waals surface area (Å²) in [4.78, 5) is 22.6. The molecule has 1 aromatic heterocycles. The lowest BCUT2D eigenvalue weighted by atomic mass is 9.99. The van der Waals surface area contributed by atoms with Gasteiger partial charge in [0, 0.05) is 18.4 Å². The molecular formula is C17H24O5. The fourth-order valence-corrected chi connectivity index (χ4v) is 2.05. The van der Waals surface area contributed by atoms with Gasteiger partial charge in [-0.15, -0.1) is 0 Å². The fourth-order valence-electron chi connectivity index (χ4n) is 2.05. The molecule has 0 bridgehead atoms. The molecule has 1 rings (SSSR count). The highest BCUT2D eigenvalue weighted by Crippen LogP contribution is 2.17. The summed E-state index contributed by atoms with van der Waals surface area (Å²) in [6, 6.07) is 1.36. The van der Waals surface area contributed by atoms with E-state index in [1.807, 2.05) is 19.9 Å². The number of hydrogen-bond donors (Lipinski definition) is 2. The van der Waals surface area contributed by atoms with Crippen molar-refractivity contribution in [3.8, 4) is 5.75 Å². The first-order valence-corrected chi connectivity index (χ1v) is 7.39. The average molecular weight is 308 g/mol. The fraction of sp³-hybridized carbons (Fsp3) is 0.529. The van der Waals surface area contributed by atoms with Gasteiger partial charge in [-0.1, -0.05) is 18.6 Å². The Morgan fingerprint density at radius 1 is 1.41 bits per heavy atom. The number of Topliss-reactive ketones (excluding diaryl/α,β-unsaturated/α-hetero) is 1. The van der Waals surface area contributed by atoms with Crippen molar-refractivity contribution in [1.82, 2.24) is 0 Å². The minimum atomic E-state index is -0.679. The Kier molecular flexibility index (Phi) is 6.56. The number of hydrogen-bond acceptors (Lipinski definition) is 5. The molecule has 0 fully saturated rings. The molecule has 2 atom stereocenters. The number of aliphatic hydroxyl groups is 1. The van der Waals surface area contributed by atoms with Crippen LogP contribution in [0.2, 0.25) is 0 Å². The van der Waals surface area contributed by atoms with Crippen LogP contribution in [0, 0.1) is 12.8 Å². The molecule has 0 spiro atoms. The molecule has 122 valence electrons. The summed E-state index contributed by atoms with van der Waals surface area (Å²) in [6.07, 6.45) is 2.53. The molecule has 0 aliphatic carbocycles. The average Bonchev–Trinajstić information content (AvgIpc) is 2.42. The molecule has 5 heteroatoms. The van der Waals surface area contributed by atoms with Crippen molar-refractivity contribution in [3.05, 3.63) is 39.5 Å². The van der Waals surface area contributed by atoms with E-state index in [2.05, 4.69) is 0 Å². The van der Waals surface area contributed by atoms with Crippen LogP contribution in [-0.4, -0.2) is 22.1 Å². The number of ketones is 1. The number of carbonyl (C=O) groups is 1. The van der Waals surface area contributed by atoms with Gasteiger partial charge in [-0.25, -0.2) is 4.79 Å². The first-order valence-electron chi connectivity index (χ1n) is 7.39. The van der Waals surface area contributed by atoms with Gasteiger partial charge in [0.15, 0.2) is 0 Å². The predicted molar refractivity (Wildman–Crippen MR) is 83.9 cm³/mol. The van der Waals surface area contributed by atoms with Crippen LogP contribution < -0.4 is 5.63 Å². The maximum Gasteiger partial charge on any atom is 0.342 e. The van der Waals surface area contributed by atoms with Gasteiger partial charge >= 0.3 is 5.63 Å². The second-order valence-corrected chi connectivity index (χ2v) is 5.82. The molecule has 0 aromatic carbocycles. The number of aromatic hydroxyl groups is 1. The van der Waals surface area contributed by atoms with E-state index in [1.54, 1.807) is 6.92 Å². The van der Waals surface area contributed by atoms with Gasteiger partial charge in [-0.3, -0.25) is 4.79 Å². The highest BCUT2D eigenvalue weighted by atomic mass is 16.4. The smallest absolute Gasteiger partial charge is 0.342 e. The second-order valence-electron chi connectivity index (χ2n) is 5.82. The molecule has 0 amide bonds. The van der Waals surface area contributed by atoms with E-state index >= 15 is 0 Å². The van der Waals surface area contributed by atoms with E-state index in [9.17, 15) is 19.8 Å². The van der Waals surface area contributed by atoms with Gasteiger partial charge in [0.2, 0.25) is 0 Å². The summed E-state index contributed by atoms with van der Waals surface area (Å²) < 4.78 is 5.03. The molecule has 1 aromatic rings. The van der Waals surface area contributed by atoms with Crippen molar-refractivity contribution in [1.29, 1.82) is 0 Å². The number of aliphatic hydroxyl groups excluding tert-OH is 1. The first-order chi connectivity index (χ1) is 10.2. The summed E-state index contributed by atoms with van der Waals surface area (Å²) >= 11 is 0. The van der Waals surface area contributed by atoms with Crippen LogP contribution in [0.1, 0.15) is 44.9 Å². The van der Waals surface area contributed by atoms with Crippen LogP contribution in [0.15, 0.2) is 26.9 Å². The highest BCUT2D eigenvalue weighted by molar-refractivity contribution is 5.79. The van der Waals surface area contributed by atoms with Crippen molar-refractivity contribution >= 4 is 5.78 Å². The van der Waals surface area contributed by atoms with Crippen LogP contribution in [0.3, 0.4) is 0 Å². The first kappa shape index (κ1) is 18.2. The van der Waals surface area contributed by atoms with Gasteiger partial charge in [0.25, 0.3) is 0 Å². The zero-order valence-electron chi connectivity index (χ0n) is 13.5. The van der Waals surface area contributed by atoms with Crippen molar-refractivity contribution < 1.29 is 19.4 Å². The Morgan fingerprint density at radius 2 is 2.05 bits per heavy atom. The predicted octanol–water partition coefficient (Wildman–Crippen LogP) is 2.51. The molecule has 0 saturated carbocycles. The van der Waals surface area contributed by atoms with Crippen LogP contribution in [0.4, 0.5) is 0 Å². The maximum absolute atomic E-state index is 11.4. The van der Waals surface area contributed by atoms with Crippen molar-refractivity contribution in [3.63, 3.8) is 0 Å². The number of carbonyl (C=O) groups excluding carboxylic acids is 1. The summed E-state index contributed by atoms with van der Waals surface area (Å²) in [7, 11) is 0. The van der Waals surface area contributed by atoms with Gasteiger partial charge < -0.3 is 14.6 Å². The third-order valence-electron chi connectivity index (χ3n) is 3.70. The minimum Gasteiger partial charge on any atom is -0.507 e. The zero-order valence-corrected chi connectivity index (χ0v) is 13.5. The van der Waals surface area contributed by atoms with E-state index in [-0.39, 0.29) is 35.2 Å². The minimum absolute atomic E-state index is 0.108. The third kappa shape index (κ3) is 5.48. The number of rotatable bonds is 7. The maximum atomic E-state index is 11.4. The Morgan fingerprint density at radius 3 is 2.59 bits per heavy atom. The summed E-state index contributed by atoms with van der Waals surface area (Å²) in [5.74, 6) is 0.130. The van der Waals surface area contributed by atoms with Gasteiger partial charge in [-0.05, 0) is 33.6 Å². The normalized spacial score (nSPS) is 14.7. The Balaban J connectivity index is 2.59. The second kappa shape index (κ2) is 7.94. The molecule has 2 N–H and O–H groups in total. The van der Waals surface area contributed by atoms with Crippen LogP contribution in [-0.2, 0) is 11.2 Å². The third-order valence-corrected chi connectivity index (χ3v) is 3.70. The Labute approximate surface area is 130 Å². The summed E-state index contributed by atoms with van der Waals surface area (Å²) in [5, 5.41) is 19.6. The highest BCUT2D eigenvalue weighted by Gasteiger charge is 2.12. The van der Waals surface area contributed by atoms with Gasteiger partial charge in [-0.2, -0.15) is 0 Å². The topological polar surface area (TPSA) is 87.7 Å². The summed E-state index contributed by atoms with van der Waals surface area (Å²) in [5.41, 5.74) is 0.610. The Hall–Kier alpha value is -1.88. The van der Waals surface area contributed by atoms with E-state index in [4.69, 9.17) is 4.42 Å². The number of allylic oxidation sites excluding steroid dienone is 2. The lowest BCUT2D eigenvalue weighted by molar-refractivity contribution is -0.118. The van der Waals surface area contributed by atoms with Crippen molar-refractivity contribution in [2.24, 2.45) is 5.92 Å². The lowest BCUT2D eigenvalue weighted by Gasteiger charge is -2.11. The molecule has 22 heavy (non-hydrogen) atoms. The monoisotopic (exact) mass is 308 g/mol. The molecule has 2 unspecified atom stereocenters. The lowest BCUT2D eigenvalue weighted by Crippen LogP contribution is -2.13. The van der Waals surface area contributed by atoms with E-state index in [1.165, 1.54) is 13.0 Å². The summed E-state index contributed by atoms with van der Waals surface area (Å²) in [6.45, 7) is 6.79.